The van der Waals surface area contributed by atoms with Crippen LogP contribution in [0.25, 0.3) is 0 Å². The molecule has 0 saturated carbocycles. The van der Waals surface area contributed by atoms with E-state index in [1.165, 1.54) is 14.2 Å². The smallest absolute Gasteiger partial charge is 0.311 e. The van der Waals surface area contributed by atoms with E-state index in [1.807, 2.05) is 13.8 Å². The lowest BCUT2D eigenvalue weighted by atomic mass is 9.46. The molecule has 0 aliphatic heterocycles. The van der Waals surface area contributed by atoms with Gasteiger partial charge in [-0.05, 0) is 42.9 Å². The molecule has 0 spiro atoms. The number of methoxy groups -OCH3 is 2. The van der Waals surface area contributed by atoms with Crippen LogP contribution < -0.4 is 0 Å². The monoisotopic (exact) mass is 342 g/mol. The summed E-state index contributed by atoms with van der Waals surface area (Å²) < 4.78 is 9.75. The molecule has 4 heteroatoms. The van der Waals surface area contributed by atoms with Gasteiger partial charge in [0.25, 0.3) is 0 Å². The van der Waals surface area contributed by atoms with Crippen molar-refractivity contribution in [3.8, 4) is 0 Å². The summed E-state index contributed by atoms with van der Waals surface area (Å²) in [5.41, 5.74) is -1.01. The number of unbranched alkanes of at least 4 members (excludes halogenated alkanes) is 1. The summed E-state index contributed by atoms with van der Waals surface area (Å²) in [5, 5.41) is 0. The lowest BCUT2D eigenvalue weighted by Crippen LogP contribution is -2.54. The molecule has 0 atom stereocenters. The topological polar surface area (TPSA) is 52.6 Å². The van der Waals surface area contributed by atoms with Crippen LogP contribution in [0.5, 0.6) is 0 Å². The molecule has 0 saturated heterocycles. The zero-order valence-corrected chi connectivity index (χ0v) is 17.5. The van der Waals surface area contributed by atoms with Gasteiger partial charge in [-0.1, -0.05) is 48.0 Å². The van der Waals surface area contributed by atoms with Gasteiger partial charge in [0, 0.05) is 6.42 Å². The number of ether oxygens (including phenoxy) is 2. The second-order valence-electron chi connectivity index (χ2n) is 9.03. The first-order valence-corrected chi connectivity index (χ1v) is 8.84. The number of carbonyl (C=O) groups excluding carboxylic acids is 2. The van der Waals surface area contributed by atoms with E-state index in [2.05, 4.69) is 41.5 Å². The summed E-state index contributed by atoms with van der Waals surface area (Å²) >= 11 is 0. The van der Waals surface area contributed by atoms with Gasteiger partial charge < -0.3 is 9.47 Å². The number of rotatable bonds is 9. The molecule has 0 aliphatic carbocycles. The molecule has 0 aromatic rings. The third kappa shape index (κ3) is 4.31. The van der Waals surface area contributed by atoms with Crippen LogP contribution in [0.4, 0.5) is 0 Å². The predicted molar refractivity (Wildman–Crippen MR) is 97.6 cm³/mol. The van der Waals surface area contributed by atoms with Crippen LogP contribution in [0.1, 0.15) is 81.1 Å². The Morgan fingerprint density at radius 2 is 1.25 bits per heavy atom. The van der Waals surface area contributed by atoms with Crippen molar-refractivity contribution in [2.24, 2.45) is 21.7 Å². The van der Waals surface area contributed by atoms with Crippen molar-refractivity contribution in [1.82, 2.24) is 0 Å². The molecular formula is C20H38O4. The molecule has 0 heterocycles. The van der Waals surface area contributed by atoms with Crippen LogP contribution in [0.3, 0.4) is 0 Å². The van der Waals surface area contributed by atoms with Crippen molar-refractivity contribution in [3.05, 3.63) is 0 Å². The Hall–Kier alpha value is -1.06. The van der Waals surface area contributed by atoms with Gasteiger partial charge in [-0.25, -0.2) is 0 Å². The average molecular weight is 343 g/mol. The minimum atomic E-state index is -0.603. The van der Waals surface area contributed by atoms with Gasteiger partial charge in [0.1, 0.15) is 0 Å². The SMILES string of the molecule is COC(=O)CCCCC(C)(C)C(C)(C)C(C)(C)C(C)(C)C(=O)OC. The third-order valence-corrected chi connectivity index (χ3v) is 7.17. The maximum absolute atomic E-state index is 12.3. The average Bonchev–Trinajstić information content (AvgIpc) is 2.49. The highest BCUT2D eigenvalue weighted by Gasteiger charge is 2.57. The molecule has 4 nitrogen and oxygen atoms in total. The van der Waals surface area contributed by atoms with Crippen LogP contribution in [-0.4, -0.2) is 26.2 Å². The van der Waals surface area contributed by atoms with Crippen LogP contribution in [0.2, 0.25) is 0 Å². The number of hydrogen-bond donors (Lipinski definition) is 0. The minimum Gasteiger partial charge on any atom is -0.469 e. The van der Waals surface area contributed by atoms with Crippen molar-refractivity contribution >= 4 is 11.9 Å². The van der Waals surface area contributed by atoms with E-state index in [1.54, 1.807) is 0 Å². The third-order valence-electron chi connectivity index (χ3n) is 7.17. The van der Waals surface area contributed by atoms with E-state index in [0.29, 0.717) is 6.42 Å². The Kier molecular flexibility index (Phi) is 7.53. The molecular weight excluding hydrogens is 304 g/mol. The number of hydrogen-bond acceptors (Lipinski definition) is 4. The van der Waals surface area contributed by atoms with E-state index in [0.717, 1.165) is 19.3 Å². The van der Waals surface area contributed by atoms with Crippen LogP contribution in [0, 0.1) is 21.7 Å². The Morgan fingerprint density at radius 3 is 1.67 bits per heavy atom. The Morgan fingerprint density at radius 1 is 0.750 bits per heavy atom. The molecule has 0 unspecified atom stereocenters. The quantitative estimate of drug-likeness (QED) is 0.437. The molecule has 24 heavy (non-hydrogen) atoms. The van der Waals surface area contributed by atoms with Gasteiger partial charge >= 0.3 is 11.9 Å². The lowest BCUT2D eigenvalue weighted by molar-refractivity contribution is -0.172. The first-order valence-electron chi connectivity index (χ1n) is 8.84. The van der Waals surface area contributed by atoms with E-state index in [9.17, 15) is 9.59 Å². The molecule has 0 radical (unpaired) electrons. The zero-order valence-electron chi connectivity index (χ0n) is 17.5. The standard InChI is InChI=1S/C20H38O4/c1-17(2,14-12-11-13-15(21)23-9)19(5,6)20(7,8)18(3,4)16(22)24-10/h11-14H2,1-10H3. The molecule has 0 amide bonds. The highest BCUT2D eigenvalue weighted by molar-refractivity contribution is 5.77. The van der Waals surface area contributed by atoms with Crippen molar-refractivity contribution < 1.29 is 19.1 Å². The second-order valence-corrected chi connectivity index (χ2v) is 9.03. The zero-order chi connectivity index (χ0) is 19.4. The molecule has 0 aromatic heterocycles. The van der Waals surface area contributed by atoms with E-state index >= 15 is 0 Å². The lowest BCUT2D eigenvalue weighted by Gasteiger charge is -2.57. The summed E-state index contributed by atoms with van der Waals surface area (Å²) in [5.74, 6) is -0.332. The van der Waals surface area contributed by atoms with Crippen molar-refractivity contribution in [1.29, 1.82) is 0 Å². The largest absolute Gasteiger partial charge is 0.469 e. The fourth-order valence-electron chi connectivity index (χ4n) is 3.39. The van der Waals surface area contributed by atoms with Gasteiger partial charge in [0.2, 0.25) is 0 Å². The maximum Gasteiger partial charge on any atom is 0.311 e. The fraction of sp³-hybridized carbons (Fsp3) is 0.900. The molecule has 0 N–H and O–H groups in total. The Bertz CT molecular complexity index is 445. The van der Waals surface area contributed by atoms with Gasteiger partial charge in [-0.15, -0.1) is 0 Å². The summed E-state index contributed by atoms with van der Waals surface area (Å²) in [6.45, 7) is 17.2. The first kappa shape index (κ1) is 22.9. The van der Waals surface area contributed by atoms with Gasteiger partial charge in [-0.3, -0.25) is 9.59 Å². The van der Waals surface area contributed by atoms with Crippen molar-refractivity contribution in [2.75, 3.05) is 14.2 Å². The van der Waals surface area contributed by atoms with E-state index in [-0.39, 0.29) is 28.2 Å². The van der Waals surface area contributed by atoms with Gasteiger partial charge in [0.05, 0.1) is 19.6 Å². The van der Waals surface area contributed by atoms with Crippen molar-refractivity contribution in [2.45, 2.75) is 81.1 Å². The normalized spacial score (nSPS) is 13.6. The molecule has 0 aromatic carbocycles. The molecule has 0 bridgehead atoms. The number of esters is 2. The maximum atomic E-state index is 12.3. The summed E-state index contributed by atoms with van der Waals surface area (Å²) in [6, 6.07) is 0. The van der Waals surface area contributed by atoms with Crippen LogP contribution in [0.15, 0.2) is 0 Å². The summed E-state index contributed by atoms with van der Waals surface area (Å²) in [4.78, 5) is 23.6. The molecule has 0 fully saturated rings. The highest BCUT2D eigenvalue weighted by Crippen LogP contribution is 2.60. The molecule has 0 aliphatic rings. The van der Waals surface area contributed by atoms with Crippen molar-refractivity contribution in [3.63, 3.8) is 0 Å². The van der Waals surface area contributed by atoms with Crippen LogP contribution >= 0.6 is 0 Å². The summed E-state index contributed by atoms with van der Waals surface area (Å²) in [7, 11) is 2.87. The first-order chi connectivity index (χ1) is 10.7. The minimum absolute atomic E-state index is 0.00207. The molecule has 142 valence electrons. The number of carbonyl (C=O) groups is 2. The van der Waals surface area contributed by atoms with E-state index in [4.69, 9.17) is 9.47 Å². The predicted octanol–water partition coefficient (Wildman–Crippen LogP) is 5.00. The Balaban J connectivity index is 5.23. The highest BCUT2D eigenvalue weighted by atomic mass is 16.5. The van der Waals surface area contributed by atoms with Crippen LogP contribution in [-0.2, 0) is 19.1 Å². The van der Waals surface area contributed by atoms with Gasteiger partial charge in [0.15, 0.2) is 0 Å². The second kappa shape index (κ2) is 7.88. The fourth-order valence-corrected chi connectivity index (χ4v) is 3.39. The van der Waals surface area contributed by atoms with E-state index < -0.39 is 5.41 Å². The summed E-state index contributed by atoms with van der Waals surface area (Å²) in [6.07, 6.45) is 3.23. The van der Waals surface area contributed by atoms with Gasteiger partial charge in [-0.2, -0.15) is 0 Å². The Labute approximate surface area is 148 Å². The molecule has 0 rings (SSSR count).